The zero-order chi connectivity index (χ0) is 88.2. The fourth-order valence-electron chi connectivity index (χ4n) is 14.7. The van der Waals surface area contributed by atoms with Crippen LogP contribution in [0.3, 0.4) is 0 Å². The van der Waals surface area contributed by atoms with Gasteiger partial charge in [0.15, 0.2) is 40.1 Å². The summed E-state index contributed by atoms with van der Waals surface area (Å²) < 4.78 is 10.3. The quantitative estimate of drug-likeness (QED) is 0.0275. The van der Waals surface area contributed by atoms with Crippen LogP contribution in [0.5, 0.6) is 11.5 Å². The van der Waals surface area contributed by atoms with E-state index in [9.17, 15) is 73.5 Å². The molecule has 5 amide bonds. The summed E-state index contributed by atoms with van der Waals surface area (Å²) in [6.07, 6.45) is 0.0763. The van der Waals surface area contributed by atoms with E-state index in [1.54, 1.807) is 159 Å². The molecule has 0 spiro atoms. The highest BCUT2D eigenvalue weighted by molar-refractivity contribution is 6.46. The maximum atomic E-state index is 12.9. The molecule has 0 aliphatic carbocycles. The Morgan fingerprint density at radius 1 is 0.393 bits per heavy atom. The molecule has 5 aliphatic heterocycles. The van der Waals surface area contributed by atoms with Crippen LogP contribution in [0.1, 0.15) is 141 Å². The van der Waals surface area contributed by atoms with E-state index in [1.165, 1.54) is 43.2 Å². The molecule has 10 aromatic rings. The number of hydrogen-bond donors (Lipinski definition) is 8. The molecule has 5 aliphatic rings. The number of benzene rings is 10. The molecular weight excluding hydrogens is 1730 g/mol. The third-order valence-electron chi connectivity index (χ3n) is 21.3. The molecule has 122 heavy (non-hydrogen) atoms. The van der Waals surface area contributed by atoms with Gasteiger partial charge in [0.25, 0.3) is 17.7 Å². The number of fused-ring (bicyclic) bond motifs is 5. The van der Waals surface area contributed by atoms with Crippen LogP contribution in [0.2, 0.25) is 40.2 Å². The van der Waals surface area contributed by atoms with Gasteiger partial charge in [0.1, 0.15) is 22.3 Å². The topological polar surface area (TPSA) is 333 Å². The van der Waals surface area contributed by atoms with Crippen molar-refractivity contribution < 1.29 is 83.0 Å². The number of halogens is 8. The lowest BCUT2D eigenvalue weighted by molar-refractivity contribution is -0.135. The Hall–Kier alpha value is -10.6. The van der Waals surface area contributed by atoms with Gasteiger partial charge in [0, 0.05) is 97.6 Å². The fourth-order valence-corrected chi connectivity index (χ4v) is 17.0. The molecule has 4 unspecified atom stereocenters. The van der Waals surface area contributed by atoms with Gasteiger partial charge in [-0.25, -0.2) is 0 Å². The maximum Gasteiger partial charge on any atom is 0.264 e. The van der Waals surface area contributed by atoms with Gasteiger partial charge in [-0.15, -0.1) is 0 Å². The number of likely N-dealkylation sites (N-methyl/N-ethyl adjacent to an activating group) is 2. The number of aliphatic hydroxyl groups is 5. The van der Waals surface area contributed by atoms with E-state index in [1.807, 2.05) is 52.0 Å². The van der Waals surface area contributed by atoms with Crippen molar-refractivity contribution >= 4 is 185 Å². The van der Waals surface area contributed by atoms with Crippen LogP contribution >= 0.6 is 92.8 Å². The molecule has 5 heterocycles. The lowest BCUT2D eigenvalue weighted by atomic mass is 9.77. The summed E-state index contributed by atoms with van der Waals surface area (Å²) in [6, 6.07) is 50.4. The van der Waals surface area contributed by atoms with Crippen molar-refractivity contribution in [3.63, 3.8) is 0 Å². The molecule has 0 radical (unpaired) electrons. The number of ether oxygens (including phenoxy) is 2. The van der Waals surface area contributed by atoms with E-state index in [4.69, 9.17) is 102 Å². The van der Waals surface area contributed by atoms with E-state index < -0.39 is 65.8 Å². The lowest BCUT2D eigenvalue weighted by Crippen LogP contribution is -2.43. The zero-order valence-corrected chi connectivity index (χ0v) is 71.9. The van der Waals surface area contributed by atoms with Crippen LogP contribution < -0.4 is 35.2 Å². The zero-order valence-electron chi connectivity index (χ0n) is 65.9. The van der Waals surface area contributed by atoms with E-state index in [0.29, 0.717) is 120 Å². The van der Waals surface area contributed by atoms with E-state index in [-0.39, 0.29) is 94.4 Å². The second kappa shape index (κ2) is 38.4. The first-order chi connectivity index (χ1) is 57.4. The number of anilines is 5. The first-order valence-corrected chi connectivity index (χ1v) is 40.1. The second-order valence-electron chi connectivity index (χ2n) is 29.2. The molecule has 8 N–H and O–H groups in total. The van der Waals surface area contributed by atoms with Crippen molar-refractivity contribution in [2.75, 3.05) is 67.3 Å². The summed E-state index contributed by atoms with van der Waals surface area (Å²) in [7, 11) is 6.03. The van der Waals surface area contributed by atoms with Crippen LogP contribution in [0.4, 0.5) is 28.4 Å². The SMILES string of the molecule is C.COc1ccc(C(=O)CC2(CO)C(=O)Nc3c(Cl)ccc(Cl)c32)cc1.COc1ccc(CO)c2c1NC(=O)C2(O)CC(=O)c1ccc(C)cc1.Cc1ccc(C(=O)/C=C2\C(=O)Nc3c(Cl)ccc(Cl)c32)cc1.Cc1ccc(C(=O)CC2(CO)C(=O)N(C)c3c(Cl)ccc(Cl)c32)cc1.Cc1ccc(C(=O)CC2(O)C(=O)N(C)c3c(Cl)ccc(Cl)c32)cc1. The lowest BCUT2D eigenvalue weighted by Gasteiger charge is -2.25. The Kier molecular flexibility index (Phi) is 29.5. The average Bonchev–Trinajstić information content (AvgIpc) is 1.57. The first-order valence-electron chi connectivity index (χ1n) is 37.1. The number of allylic oxidation sites excluding steroid dienone is 1. The van der Waals surface area contributed by atoms with Gasteiger partial charge in [-0.3, -0.25) is 47.9 Å². The van der Waals surface area contributed by atoms with Gasteiger partial charge in [0.05, 0.1) is 106 Å². The third kappa shape index (κ3) is 18.4. The van der Waals surface area contributed by atoms with E-state index >= 15 is 0 Å². The predicted octanol–water partition coefficient (Wildman–Crippen LogP) is 18.0. The average molecular weight is 1810 g/mol. The number of rotatable bonds is 19. The van der Waals surface area contributed by atoms with Crippen molar-refractivity contribution in [3.05, 3.63) is 312 Å². The van der Waals surface area contributed by atoms with Crippen LogP contribution in [0.15, 0.2) is 188 Å². The van der Waals surface area contributed by atoms with Crippen molar-refractivity contribution in [2.45, 2.75) is 89.4 Å². The first kappa shape index (κ1) is 93.6. The monoisotopic (exact) mass is 1810 g/mol. The highest BCUT2D eigenvalue weighted by atomic mass is 35.5. The Balaban J connectivity index is 0.000000160. The molecule has 0 saturated carbocycles. The number of aryl methyl sites for hydroxylation is 4. The number of Topliss-reactive ketones (excluding diaryl/α,β-unsaturated/α-hetero) is 4. The Bertz CT molecular complexity index is 5890. The summed E-state index contributed by atoms with van der Waals surface area (Å²) in [4.78, 5) is 128. The highest BCUT2D eigenvalue weighted by Crippen LogP contribution is 2.54. The number of amides is 5. The number of methoxy groups -OCH3 is 2. The molecule has 10 aromatic carbocycles. The number of carbonyl (C=O) groups excluding carboxylic acids is 10. The standard InChI is InChI=1S/C19H17Cl2NO3.C19H19NO5.C18H15Cl2NO4.C18H15Cl2NO3.C17H11Cl2NO2.CH4/c1-11-3-5-12(6-4-11)15(24)9-19(10-23)16-13(20)7-8-14(21)17(16)22(2)18(19)25;1-11-3-5-12(6-4-11)14(22)9-19(24)16-13(10-21)7-8-15(25-2)17(16)20-18(19)23;1-25-11-4-2-10(3-5-11)14(23)8-18(9-22)15-12(19)6-7-13(20)16(15)21-17(18)24;1-10-3-5-11(6-4-10)14(22)9-18(24)15-12(19)7-8-13(20)16(15)21(2)17(18)23;1-9-2-4-10(5-3-9)14(21)8-11-15-12(18)6-7-13(19)16(15)20-17(11)22;/h3-8,23H,9-10H2,1-2H3;3-8,21,24H,9-10H2,1-2H3,(H,20,23);2-7,22H,8-9H2,1H3,(H,21,24);3-8,24H,9H2,1-2H3;2-8H,1H3,(H,20,22);1H4/b;;;;11-8-;. The second-order valence-corrected chi connectivity index (χ2v) is 32.5. The van der Waals surface area contributed by atoms with Gasteiger partial charge >= 0.3 is 0 Å². The normalized spacial score (nSPS) is 18.1. The minimum atomic E-state index is -2.05. The summed E-state index contributed by atoms with van der Waals surface area (Å²) in [5.41, 5.74) is 3.49. The number of carbonyl (C=O) groups is 10. The van der Waals surface area contributed by atoms with Gasteiger partial charge in [-0.2, -0.15) is 0 Å². The van der Waals surface area contributed by atoms with Crippen molar-refractivity contribution in [3.8, 4) is 11.5 Å². The summed E-state index contributed by atoms with van der Waals surface area (Å²) in [5.74, 6) is -3.11. The molecule has 632 valence electrons. The molecule has 0 saturated heterocycles. The Labute approximate surface area is 742 Å². The van der Waals surface area contributed by atoms with E-state index in [0.717, 1.165) is 22.3 Å². The molecule has 15 rings (SSSR count). The highest BCUT2D eigenvalue weighted by Gasteiger charge is 2.55. The van der Waals surface area contributed by atoms with Crippen molar-refractivity contribution in [2.24, 2.45) is 0 Å². The number of ketones is 5. The predicted molar refractivity (Wildman–Crippen MR) is 475 cm³/mol. The van der Waals surface area contributed by atoms with Gasteiger partial charge in [-0.1, -0.05) is 226 Å². The van der Waals surface area contributed by atoms with Gasteiger partial charge in [0.2, 0.25) is 11.8 Å². The van der Waals surface area contributed by atoms with E-state index in [2.05, 4.69) is 16.0 Å². The fraction of sp³-hybridized carbons (Fsp3) is 0.217. The molecule has 22 nitrogen and oxygen atoms in total. The molecule has 0 fully saturated rings. The Morgan fingerprint density at radius 2 is 0.779 bits per heavy atom. The molecule has 4 atom stereocenters. The van der Waals surface area contributed by atoms with Crippen LogP contribution in [-0.2, 0) is 52.6 Å². The smallest absolute Gasteiger partial charge is 0.264 e. The van der Waals surface area contributed by atoms with Crippen LogP contribution in [0.25, 0.3) is 5.57 Å². The van der Waals surface area contributed by atoms with Crippen LogP contribution in [-0.4, -0.2) is 126 Å². The molecule has 30 heteroatoms. The molecule has 0 bridgehead atoms. The largest absolute Gasteiger partial charge is 0.497 e. The Morgan fingerprint density at radius 3 is 1.25 bits per heavy atom. The number of nitrogens with zero attached hydrogens (tertiary/aromatic N) is 2. The van der Waals surface area contributed by atoms with Gasteiger partial charge in [-0.05, 0) is 118 Å². The van der Waals surface area contributed by atoms with Crippen molar-refractivity contribution in [1.82, 2.24) is 0 Å². The number of aliphatic hydroxyl groups excluding tert-OH is 3. The minimum absolute atomic E-state index is 0. The minimum Gasteiger partial charge on any atom is -0.497 e. The third-order valence-corrected chi connectivity index (χ3v) is 23.8. The summed E-state index contributed by atoms with van der Waals surface area (Å²) >= 11 is 49.5. The molecule has 0 aromatic heterocycles. The molecular formula is C92H81Cl8N5O17. The number of hydrogen-bond acceptors (Lipinski definition) is 17. The van der Waals surface area contributed by atoms with Gasteiger partial charge < -0.3 is 60.8 Å². The van der Waals surface area contributed by atoms with Crippen molar-refractivity contribution in [1.29, 1.82) is 0 Å². The maximum absolute atomic E-state index is 12.9. The summed E-state index contributed by atoms with van der Waals surface area (Å²) in [6.45, 7) is 6.22. The van der Waals surface area contributed by atoms with Crippen LogP contribution in [0, 0.1) is 27.7 Å². The summed E-state index contributed by atoms with van der Waals surface area (Å²) in [5, 5.41) is 62.1. The number of nitrogens with one attached hydrogen (secondary N) is 3.